The maximum Gasteiger partial charge on any atom is 0.306 e. The molecule has 2 N–H and O–H groups in total. The molecule has 0 aromatic rings. The van der Waals surface area contributed by atoms with E-state index in [1.807, 2.05) is 0 Å². The highest BCUT2D eigenvalue weighted by Gasteiger charge is 2.19. The van der Waals surface area contributed by atoms with Crippen LogP contribution in [0, 0.1) is 0 Å². The van der Waals surface area contributed by atoms with Crippen LogP contribution in [-0.2, 0) is 14.3 Å². The van der Waals surface area contributed by atoms with E-state index in [4.69, 9.17) is 10.5 Å². The molecule has 0 rings (SSSR count). The molecule has 0 heterocycles. The fourth-order valence-electron chi connectivity index (χ4n) is 0.971. The molecule has 15 heavy (non-hydrogen) atoms. The van der Waals surface area contributed by atoms with E-state index < -0.39 is 17.6 Å². The van der Waals surface area contributed by atoms with Crippen LogP contribution in [0.25, 0.3) is 0 Å². The summed E-state index contributed by atoms with van der Waals surface area (Å²) in [6.07, 6.45) is 0.359. The number of amides is 1. The van der Waals surface area contributed by atoms with Gasteiger partial charge in [-0.2, -0.15) is 0 Å². The lowest BCUT2D eigenvalue weighted by atomic mass is 10.1. The summed E-state index contributed by atoms with van der Waals surface area (Å²) in [5.74, 6) is -0.939. The maximum atomic E-state index is 11.3. The molecule has 0 radical (unpaired) electrons. The molecule has 0 aliphatic rings. The molecule has 86 valence electrons. The second-order valence-electron chi connectivity index (χ2n) is 4.23. The van der Waals surface area contributed by atoms with Crippen LogP contribution >= 0.6 is 0 Å². The average Bonchev–Trinajstić information content (AvgIpc) is 2.01. The van der Waals surface area contributed by atoms with Gasteiger partial charge in [-0.05, 0) is 33.9 Å². The monoisotopic (exact) mass is 214 g/mol. The fourth-order valence-corrected chi connectivity index (χ4v) is 0.971. The van der Waals surface area contributed by atoms with Crippen LogP contribution < -0.4 is 5.73 Å². The summed E-state index contributed by atoms with van der Waals surface area (Å²) in [5.41, 5.74) is 4.52. The lowest BCUT2D eigenvalue weighted by Gasteiger charge is -2.19. The molecule has 0 saturated heterocycles. The predicted octanol–water partition coefficient (Wildman–Crippen LogP) is 0.663. The van der Waals surface area contributed by atoms with Crippen LogP contribution in [0.3, 0.4) is 0 Å². The first-order valence-corrected chi connectivity index (χ1v) is 4.73. The summed E-state index contributed by atoms with van der Waals surface area (Å²) in [4.78, 5) is 25.6. The van der Waals surface area contributed by atoms with Gasteiger partial charge in [-0.15, -0.1) is 0 Å². The number of carbonyl (C=O) groups excluding carboxylic acids is 2. The van der Waals surface area contributed by atoms with Crippen molar-refractivity contribution in [2.24, 2.45) is 10.7 Å². The molecule has 1 atom stereocenters. The van der Waals surface area contributed by atoms with Gasteiger partial charge in [-0.3, -0.25) is 14.6 Å². The third kappa shape index (κ3) is 6.65. The highest BCUT2D eigenvalue weighted by molar-refractivity contribution is 5.81. The second-order valence-corrected chi connectivity index (χ2v) is 4.23. The Kier molecular flexibility index (Phi) is 4.97. The van der Waals surface area contributed by atoms with E-state index in [9.17, 15) is 9.59 Å². The van der Waals surface area contributed by atoms with E-state index in [1.54, 1.807) is 20.8 Å². The molecule has 0 spiro atoms. The number of ether oxygens (including phenoxy) is 1. The van der Waals surface area contributed by atoms with Crippen LogP contribution in [0.15, 0.2) is 4.99 Å². The van der Waals surface area contributed by atoms with Gasteiger partial charge in [0.15, 0.2) is 0 Å². The highest BCUT2D eigenvalue weighted by Crippen LogP contribution is 2.10. The average molecular weight is 214 g/mol. The molecule has 0 aromatic carbocycles. The van der Waals surface area contributed by atoms with Gasteiger partial charge in [-0.25, -0.2) is 0 Å². The minimum absolute atomic E-state index is 0.115. The van der Waals surface area contributed by atoms with Crippen molar-refractivity contribution in [3.05, 3.63) is 0 Å². The summed E-state index contributed by atoms with van der Waals surface area (Å²) in [6, 6.07) is -0.711. The summed E-state index contributed by atoms with van der Waals surface area (Å²) in [7, 11) is 0. The van der Waals surface area contributed by atoms with Crippen molar-refractivity contribution in [1.82, 2.24) is 0 Å². The number of hydrogen-bond acceptors (Lipinski definition) is 4. The number of primary amides is 1. The zero-order valence-corrected chi connectivity index (χ0v) is 9.45. The van der Waals surface area contributed by atoms with Crippen LogP contribution in [0.2, 0.25) is 0 Å². The standard InChI is InChI=1S/C10H18N2O3/c1-10(2,3)15-8(13)6-5-7(12-4)9(11)14/h7H,4-6H2,1-3H3,(H2,11,14)/t7-/m0/s1. The Morgan fingerprint density at radius 2 is 2.00 bits per heavy atom. The van der Waals surface area contributed by atoms with Gasteiger partial charge >= 0.3 is 5.97 Å². The van der Waals surface area contributed by atoms with Crippen LogP contribution in [0.1, 0.15) is 33.6 Å². The first kappa shape index (κ1) is 13.6. The zero-order chi connectivity index (χ0) is 12.1. The number of esters is 1. The number of nitrogens with two attached hydrogens (primary N) is 1. The zero-order valence-electron chi connectivity index (χ0n) is 9.45. The molecule has 0 aliphatic heterocycles. The van der Waals surface area contributed by atoms with Crippen molar-refractivity contribution in [2.75, 3.05) is 0 Å². The Balaban J connectivity index is 4.00. The minimum atomic E-state index is -0.711. The van der Waals surface area contributed by atoms with Crippen molar-refractivity contribution in [2.45, 2.75) is 45.3 Å². The quantitative estimate of drug-likeness (QED) is 0.539. The van der Waals surface area contributed by atoms with Gasteiger partial charge in [0.1, 0.15) is 11.6 Å². The van der Waals surface area contributed by atoms with Gasteiger partial charge in [0, 0.05) is 6.42 Å². The second kappa shape index (κ2) is 5.48. The van der Waals surface area contributed by atoms with E-state index >= 15 is 0 Å². The topological polar surface area (TPSA) is 81.8 Å². The number of rotatable bonds is 5. The van der Waals surface area contributed by atoms with Crippen molar-refractivity contribution < 1.29 is 14.3 Å². The Morgan fingerprint density at radius 1 is 1.47 bits per heavy atom. The van der Waals surface area contributed by atoms with Crippen LogP contribution in [0.4, 0.5) is 0 Å². The maximum absolute atomic E-state index is 11.3. The summed E-state index contributed by atoms with van der Waals surface area (Å²) < 4.78 is 5.06. The molecule has 1 amide bonds. The molecule has 0 aliphatic carbocycles. The van der Waals surface area contributed by atoms with Crippen molar-refractivity contribution in [1.29, 1.82) is 0 Å². The fraction of sp³-hybridized carbons (Fsp3) is 0.700. The van der Waals surface area contributed by atoms with Crippen molar-refractivity contribution in [3.8, 4) is 0 Å². The molecular formula is C10H18N2O3. The molecule has 0 unspecified atom stereocenters. The Labute approximate surface area is 89.7 Å². The number of aliphatic imine (C=N–C) groups is 1. The molecule has 0 saturated carbocycles. The summed E-state index contributed by atoms with van der Waals surface area (Å²) >= 11 is 0. The molecule has 5 heteroatoms. The lowest BCUT2D eigenvalue weighted by molar-refractivity contribution is -0.155. The van der Waals surface area contributed by atoms with Crippen LogP contribution in [-0.4, -0.2) is 30.2 Å². The van der Waals surface area contributed by atoms with Gasteiger partial charge in [0.05, 0.1) is 0 Å². The van der Waals surface area contributed by atoms with Gasteiger partial charge < -0.3 is 10.5 Å². The van der Waals surface area contributed by atoms with Crippen molar-refractivity contribution in [3.63, 3.8) is 0 Å². The van der Waals surface area contributed by atoms with E-state index in [0.717, 1.165) is 0 Å². The largest absolute Gasteiger partial charge is 0.460 e. The molecule has 0 aromatic heterocycles. The van der Waals surface area contributed by atoms with E-state index in [2.05, 4.69) is 11.7 Å². The van der Waals surface area contributed by atoms with Crippen molar-refractivity contribution >= 4 is 18.6 Å². The van der Waals surface area contributed by atoms with Gasteiger partial charge in [0.25, 0.3) is 0 Å². The Morgan fingerprint density at radius 3 is 2.33 bits per heavy atom. The number of hydrogen-bond donors (Lipinski definition) is 1. The van der Waals surface area contributed by atoms with E-state index in [1.165, 1.54) is 0 Å². The molecule has 0 fully saturated rings. The summed E-state index contributed by atoms with van der Waals surface area (Å²) in [6.45, 7) is 8.57. The number of nitrogens with zero attached hydrogens (tertiary/aromatic N) is 1. The molecule has 0 bridgehead atoms. The SMILES string of the molecule is C=N[C@@H](CCC(=O)OC(C)(C)C)C(N)=O. The number of carbonyl (C=O) groups is 2. The third-order valence-electron chi connectivity index (χ3n) is 1.59. The minimum Gasteiger partial charge on any atom is -0.460 e. The van der Waals surface area contributed by atoms with Gasteiger partial charge in [-0.1, -0.05) is 0 Å². The lowest BCUT2D eigenvalue weighted by Crippen LogP contribution is -2.29. The Bertz CT molecular complexity index is 256. The smallest absolute Gasteiger partial charge is 0.306 e. The Hall–Kier alpha value is -1.39. The van der Waals surface area contributed by atoms with E-state index in [-0.39, 0.29) is 18.8 Å². The molecular weight excluding hydrogens is 196 g/mol. The first-order chi connectivity index (χ1) is 6.76. The normalized spacial score (nSPS) is 13.0. The van der Waals surface area contributed by atoms with Crippen LogP contribution in [0.5, 0.6) is 0 Å². The first-order valence-electron chi connectivity index (χ1n) is 4.73. The van der Waals surface area contributed by atoms with E-state index in [0.29, 0.717) is 0 Å². The third-order valence-corrected chi connectivity index (χ3v) is 1.59. The summed E-state index contributed by atoms with van der Waals surface area (Å²) in [5, 5.41) is 0. The van der Waals surface area contributed by atoms with Gasteiger partial charge in [0.2, 0.25) is 5.91 Å². The highest BCUT2D eigenvalue weighted by atomic mass is 16.6. The molecule has 5 nitrogen and oxygen atoms in total. The predicted molar refractivity (Wildman–Crippen MR) is 57.6 cm³/mol.